The fraction of sp³-hybridized carbons (Fsp3) is 1.00. The van der Waals surface area contributed by atoms with E-state index in [1.165, 1.54) is 7.11 Å². The number of ether oxygens (including phenoxy) is 2. The highest BCUT2D eigenvalue weighted by atomic mass is 16.5. The molecular weight excluding hydrogens is 186 g/mol. The summed E-state index contributed by atoms with van der Waals surface area (Å²) in [6, 6.07) is -0.422. The van der Waals surface area contributed by atoms with Gasteiger partial charge in [0.15, 0.2) is 0 Å². The standard InChI is InChI=1S/C8H15N3O3/c1-5-3-14-6(4-13-2)8(12)7(5)10-11-9/h5-8,12H,3-4H2,1-2H3/t5?,6?,7-,8+/m1/s1. The van der Waals surface area contributed by atoms with Gasteiger partial charge in [-0.1, -0.05) is 12.0 Å². The molecule has 14 heavy (non-hydrogen) atoms. The average molecular weight is 201 g/mol. The van der Waals surface area contributed by atoms with E-state index in [1.807, 2.05) is 6.92 Å². The predicted octanol–water partition coefficient (Wildman–Crippen LogP) is 0.708. The van der Waals surface area contributed by atoms with E-state index in [0.717, 1.165) is 0 Å². The van der Waals surface area contributed by atoms with Crippen molar-refractivity contribution in [2.45, 2.75) is 25.2 Å². The minimum absolute atomic E-state index is 0.0361. The fourth-order valence-corrected chi connectivity index (χ4v) is 1.58. The third-order valence-corrected chi connectivity index (χ3v) is 2.40. The van der Waals surface area contributed by atoms with Crippen LogP contribution in [-0.2, 0) is 9.47 Å². The molecule has 1 saturated heterocycles. The molecule has 0 bridgehead atoms. The minimum atomic E-state index is -0.783. The van der Waals surface area contributed by atoms with E-state index in [4.69, 9.17) is 15.0 Å². The molecule has 0 saturated carbocycles. The number of rotatable bonds is 3. The summed E-state index contributed by atoms with van der Waals surface area (Å²) in [4.78, 5) is 2.72. The molecule has 0 aromatic carbocycles. The Bertz CT molecular complexity index is 230. The molecule has 2 unspecified atom stereocenters. The highest BCUT2D eigenvalue weighted by Gasteiger charge is 2.36. The van der Waals surface area contributed by atoms with Crippen molar-refractivity contribution in [3.8, 4) is 0 Å². The highest BCUT2D eigenvalue weighted by molar-refractivity contribution is 4.90. The Morgan fingerprint density at radius 3 is 3.00 bits per heavy atom. The zero-order valence-electron chi connectivity index (χ0n) is 8.33. The molecule has 6 nitrogen and oxygen atoms in total. The van der Waals surface area contributed by atoms with Crippen LogP contribution in [-0.4, -0.2) is 43.7 Å². The normalized spacial score (nSPS) is 37.6. The number of aliphatic hydroxyl groups is 1. The number of hydrogen-bond acceptors (Lipinski definition) is 4. The van der Waals surface area contributed by atoms with Crippen LogP contribution in [0.5, 0.6) is 0 Å². The van der Waals surface area contributed by atoms with Gasteiger partial charge in [-0.2, -0.15) is 0 Å². The average Bonchev–Trinajstić information content (AvgIpc) is 2.17. The fourth-order valence-electron chi connectivity index (χ4n) is 1.58. The highest BCUT2D eigenvalue weighted by Crippen LogP contribution is 2.23. The maximum Gasteiger partial charge on any atom is 0.107 e. The van der Waals surface area contributed by atoms with Gasteiger partial charge in [-0.25, -0.2) is 0 Å². The van der Waals surface area contributed by atoms with Crippen molar-refractivity contribution < 1.29 is 14.6 Å². The van der Waals surface area contributed by atoms with Crippen LogP contribution in [0.3, 0.4) is 0 Å². The van der Waals surface area contributed by atoms with E-state index in [-0.39, 0.29) is 5.92 Å². The van der Waals surface area contributed by atoms with Crippen LogP contribution in [0.15, 0.2) is 5.11 Å². The summed E-state index contributed by atoms with van der Waals surface area (Å²) >= 11 is 0. The Morgan fingerprint density at radius 1 is 1.71 bits per heavy atom. The molecule has 6 heteroatoms. The van der Waals surface area contributed by atoms with Crippen molar-refractivity contribution in [3.63, 3.8) is 0 Å². The van der Waals surface area contributed by atoms with Crippen molar-refractivity contribution >= 4 is 0 Å². The van der Waals surface area contributed by atoms with Crippen molar-refractivity contribution in [1.29, 1.82) is 0 Å². The lowest BCUT2D eigenvalue weighted by Gasteiger charge is -2.36. The monoisotopic (exact) mass is 201 g/mol. The van der Waals surface area contributed by atoms with E-state index in [0.29, 0.717) is 13.2 Å². The second-order valence-electron chi connectivity index (χ2n) is 3.49. The summed E-state index contributed by atoms with van der Waals surface area (Å²) in [6.45, 7) is 2.67. The van der Waals surface area contributed by atoms with Gasteiger partial charge in [0.1, 0.15) is 6.10 Å². The van der Waals surface area contributed by atoms with Crippen molar-refractivity contribution in [2.75, 3.05) is 20.3 Å². The molecule has 4 atom stereocenters. The van der Waals surface area contributed by atoms with Gasteiger partial charge in [0, 0.05) is 12.0 Å². The Morgan fingerprint density at radius 2 is 2.43 bits per heavy atom. The van der Waals surface area contributed by atoms with Crippen molar-refractivity contribution in [3.05, 3.63) is 10.4 Å². The maximum atomic E-state index is 9.79. The Balaban J connectivity index is 2.66. The van der Waals surface area contributed by atoms with Crippen molar-refractivity contribution in [1.82, 2.24) is 0 Å². The molecule has 80 valence electrons. The second kappa shape index (κ2) is 5.17. The summed E-state index contributed by atoms with van der Waals surface area (Å²) in [5.41, 5.74) is 8.35. The first-order chi connectivity index (χ1) is 6.70. The molecule has 0 aromatic rings. The van der Waals surface area contributed by atoms with Crippen LogP contribution in [0.2, 0.25) is 0 Å². The molecule has 0 spiro atoms. The number of hydrogen-bond donors (Lipinski definition) is 1. The molecule has 0 amide bonds. The third kappa shape index (κ3) is 2.36. The minimum Gasteiger partial charge on any atom is -0.390 e. The number of aliphatic hydroxyl groups excluding tert-OH is 1. The molecule has 1 aliphatic rings. The molecule has 1 N–H and O–H groups in total. The van der Waals surface area contributed by atoms with Crippen LogP contribution in [0.25, 0.3) is 10.4 Å². The SMILES string of the molecule is COCC1OCC(C)[C@@H](N=[N+]=[N-])[C@H]1O. The zero-order valence-corrected chi connectivity index (χ0v) is 8.33. The summed E-state index contributed by atoms with van der Waals surface area (Å²) in [7, 11) is 1.54. The van der Waals surface area contributed by atoms with Crippen molar-refractivity contribution in [2.24, 2.45) is 11.0 Å². The quantitative estimate of drug-likeness (QED) is 0.414. The summed E-state index contributed by atoms with van der Waals surface area (Å²) in [5.74, 6) is 0.0361. The van der Waals surface area contributed by atoms with E-state index in [2.05, 4.69) is 10.0 Å². The lowest BCUT2D eigenvalue weighted by Crippen LogP contribution is -2.49. The van der Waals surface area contributed by atoms with Crippen LogP contribution in [0.4, 0.5) is 0 Å². The topological polar surface area (TPSA) is 87.5 Å². The summed E-state index contributed by atoms with van der Waals surface area (Å²) < 4.78 is 10.3. The number of azide groups is 1. The largest absolute Gasteiger partial charge is 0.390 e. The van der Waals surface area contributed by atoms with E-state index in [1.54, 1.807) is 0 Å². The molecule has 0 aliphatic carbocycles. The molecule has 1 rings (SSSR count). The molecule has 1 fully saturated rings. The smallest absolute Gasteiger partial charge is 0.107 e. The van der Waals surface area contributed by atoms with Crippen LogP contribution in [0.1, 0.15) is 6.92 Å². The van der Waals surface area contributed by atoms with E-state index < -0.39 is 18.2 Å². The zero-order chi connectivity index (χ0) is 10.6. The van der Waals surface area contributed by atoms with E-state index in [9.17, 15) is 5.11 Å². The van der Waals surface area contributed by atoms with Gasteiger partial charge in [-0.3, -0.25) is 0 Å². The van der Waals surface area contributed by atoms with Gasteiger partial charge in [0.05, 0.1) is 25.4 Å². The molecule has 0 radical (unpaired) electrons. The van der Waals surface area contributed by atoms with Crippen LogP contribution in [0, 0.1) is 5.92 Å². The maximum absolute atomic E-state index is 9.79. The molecule has 1 aliphatic heterocycles. The lowest BCUT2D eigenvalue weighted by atomic mass is 9.92. The van der Waals surface area contributed by atoms with Gasteiger partial charge >= 0.3 is 0 Å². The first kappa shape index (κ1) is 11.3. The second-order valence-corrected chi connectivity index (χ2v) is 3.49. The predicted molar refractivity (Wildman–Crippen MR) is 49.7 cm³/mol. The molecule has 0 aromatic heterocycles. The van der Waals surface area contributed by atoms with Gasteiger partial charge in [-0.15, -0.1) is 0 Å². The summed E-state index contributed by atoms with van der Waals surface area (Å²) in [5, 5.41) is 13.4. The third-order valence-electron chi connectivity index (χ3n) is 2.40. The molecule has 1 heterocycles. The Hall–Kier alpha value is -0.810. The Kier molecular flexibility index (Phi) is 4.16. The first-order valence-electron chi connectivity index (χ1n) is 4.53. The van der Waals surface area contributed by atoms with Gasteiger partial charge in [0.2, 0.25) is 0 Å². The van der Waals surface area contributed by atoms with E-state index >= 15 is 0 Å². The molecular formula is C8H15N3O3. The number of methoxy groups -OCH3 is 1. The number of nitrogens with zero attached hydrogens (tertiary/aromatic N) is 3. The van der Waals surface area contributed by atoms with Crippen LogP contribution < -0.4 is 0 Å². The summed E-state index contributed by atoms with van der Waals surface area (Å²) in [6.07, 6.45) is -1.18. The van der Waals surface area contributed by atoms with Gasteiger partial charge in [0.25, 0.3) is 0 Å². The van der Waals surface area contributed by atoms with Gasteiger partial charge in [-0.05, 0) is 11.4 Å². The van der Waals surface area contributed by atoms with Crippen LogP contribution >= 0.6 is 0 Å². The van der Waals surface area contributed by atoms with Gasteiger partial charge < -0.3 is 14.6 Å². The lowest BCUT2D eigenvalue weighted by molar-refractivity contribution is -0.127. The first-order valence-corrected chi connectivity index (χ1v) is 4.53. The Labute approximate surface area is 82.4 Å².